The van der Waals surface area contributed by atoms with Crippen molar-refractivity contribution < 1.29 is 4.74 Å². The number of rotatable bonds is 2. The predicted octanol–water partition coefficient (Wildman–Crippen LogP) is 2.46. The van der Waals surface area contributed by atoms with Crippen LogP contribution in [-0.4, -0.2) is 17.3 Å². The first-order valence-corrected chi connectivity index (χ1v) is 4.65. The summed E-state index contributed by atoms with van der Waals surface area (Å²) in [4.78, 5) is 0. The smallest absolute Gasteiger partial charge is 0.233 e. The summed E-state index contributed by atoms with van der Waals surface area (Å²) < 4.78 is 4.84. The zero-order valence-electron chi connectivity index (χ0n) is 8.87. The molecule has 1 aromatic rings. The van der Waals surface area contributed by atoms with Crippen molar-refractivity contribution in [3.63, 3.8) is 0 Å². The molecule has 0 bridgehead atoms. The van der Waals surface area contributed by atoms with E-state index in [1.54, 1.807) is 7.11 Å². The Hall–Kier alpha value is -1.12. The van der Waals surface area contributed by atoms with Gasteiger partial charge in [0.1, 0.15) is 0 Å². The molecule has 74 valence electrons. The maximum atomic E-state index is 4.84. The van der Waals surface area contributed by atoms with Gasteiger partial charge in [-0.25, -0.2) is 0 Å². The van der Waals surface area contributed by atoms with Gasteiger partial charge >= 0.3 is 0 Å². The molecule has 0 aliphatic heterocycles. The molecule has 13 heavy (non-hydrogen) atoms. The summed E-state index contributed by atoms with van der Waals surface area (Å²) in [5.41, 5.74) is 0.987. The van der Waals surface area contributed by atoms with Crippen LogP contribution in [0.15, 0.2) is 12.1 Å². The fraction of sp³-hybridized carbons (Fsp3) is 0.600. The number of nitrogens with zero attached hydrogens (tertiary/aromatic N) is 2. The van der Waals surface area contributed by atoms with Gasteiger partial charge in [-0.15, -0.1) is 5.10 Å². The highest BCUT2D eigenvalue weighted by atomic mass is 16.5. The number of methoxy groups -OCH3 is 1. The molecule has 0 aliphatic rings. The van der Waals surface area contributed by atoms with Crippen LogP contribution in [0, 0.1) is 0 Å². The van der Waals surface area contributed by atoms with Crippen LogP contribution < -0.4 is 4.74 Å². The molecule has 1 aromatic heterocycles. The second kappa shape index (κ2) is 7.53. The molecule has 1 rings (SSSR count). The highest BCUT2D eigenvalue weighted by molar-refractivity contribution is 5.10. The third-order valence-electron chi connectivity index (χ3n) is 1.27. The second-order valence-electron chi connectivity index (χ2n) is 2.63. The van der Waals surface area contributed by atoms with Crippen LogP contribution in [0.5, 0.6) is 5.88 Å². The van der Waals surface area contributed by atoms with Gasteiger partial charge in [0.15, 0.2) is 0 Å². The lowest BCUT2D eigenvalue weighted by atomic mass is 10.3. The Balaban J connectivity index is 0.000000424. The van der Waals surface area contributed by atoms with Crippen LogP contribution >= 0.6 is 0 Å². The number of aromatic nitrogens is 2. The third kappa shape index (κ3) is 5.17. The Morgan fingerprint density at radius 2 is 1.77 bits per heavy atom. The molecular weight excluding hydrogens is 164 g/mol. The molecule has 0 fully saturated rings. The van der Waals surface area contributed by atoms with Crippen LogP contribution in [0.2, 0.25) is 0 Å². The van der Waals surface area contributed by atoms with Crippen LogP contribution in [0.4, 0.5) is 0 Å². The van der Waals surface area contributed by atoms with Crippen molar-refractivity contribution in [1.82, 2.24) is 10.2 Å². The van der Waals surface area contributed by atoms with Crippen molar-refractivity contribution in [1.29, 1.82) is 0 Å². The summed E-state index contributed by atoms with van der Waals surface area (Å²) in [6, 6.07) is 3.72. The lowest BCUT2D eigenvalue weighted by Crippen LogP contribution is -1.93. The van der Waals surface area contributed by atoms with Gasteiger partial charge < -0.3 is 4.74 Å². The summed E-state index contributed by atoms with van der Waals surface area (Å²) >= 11 is 0. The average molecular weight is 182 g/mol. The van der Waals surface area contributed by atoms with Gasteiger partial charge in [0.25, 0.3) is 0 Å². The maximum absolute atomic E-state index is 4.84. The van der Waals surface area contributed by atoms with E-state index in [4.69, 9.17) is 4.74 Å². The Labute approximate surface area is 80.1 Å². The Morgan fingerprint density at radius 1 is 1.15 bits per heavy atom. The Bertz CT molecular complexity index is 186. The molecule has 0 radical (unpaired) electrons. The van der Waals surface area contributed by atoms with E-state index in [0.29, 0.717) is 5.88 Å². The molecule has 0 saturated heterocycles. The number of ether oxygens (including phenoxy) is 1. The zero-order chi connectivity index (χ0) is 10.1. The minimum Gasteiger partial charge on any atom is -0.480 e. The molecule has 0 spiro atoms. The SMILES string of the molecule is CCC.CCc1ccc(OC)nn1. The van der Waals surface area contributed by atoms with Crippen LogP contribution in [0.25, 0.3) is 0 Å². The Kier molecular flexibility index (Phi) is 6.88. The molecule has 3 nitrogen and oxygen atoms in total. The van der Waals surface area contributed by atoms with Crippen molar-refractivity contribution in [2.24, 2.45) is 0 Å². The number of aryl methyl sites for hydroxylation is 1. The van der Waals surface area contributed by atoms with Gasteiger partial charge in [0.2, 0.25) is 5.88 Å². The van der Waals surface area contributed by atoms with Gasteiger partial charge in [-0.2, -0.15) is 5.10 Å². The summed E-state index contributed by atoms with van der Waals surface area (Å²) in [6.45, 7) is 6.29. The van der Waals surface area contributed by atoms with E-state index in [2.05, 4.69) is 24.0 Å². The van der Waals surface area contributed by atoms with E-state index < -0.39 is 0 Å². The van der Waals surface area contributed by atoms with E-state index >= 15 is 0 Å². The van der Waals surface area contributed by atoms with Crippen molar-refractivity contribution in [2.75, 3.05) is 7.11 Å². The highest BCUT2D eigenvalue weighted by Gasteiger charge is 1.92. The predicted molar refractivity (Wildman–Crippen MR) is 53.9 cm³/mol. The molecule has 0 aromatic carbocycles. The van der Waals surface area contributed by atoms with Gasteiger partial charge in [-0.1, -0.05) is 27.2 Å². The standard InChI is InChI=1S/C7H10N2O.C3H8/c1-3-6-4-5-7(10-2)9-8-6;1-3-2/h4-5H,3H2,1-2H3;3H2,1-2H3. The lowest BCUT2D eigenvalue weighted by Gasteiger charge is -1.96. The van der Waals surface area contributed by atoms with Crippen molar-refractivity contribution >= 4 is 0 Å². The molecule has 3 heteroatoms. The van der Waals surface area contributed by atoms with Gasteiger partial charge in [-0.05, 0) is 12.5 Å². The normalized spacial score (nSPS) is 8.62. The lowest BCUT2D eigenvalue weighted by molar-refractivity contribution is 0.391. The number of hydrogen-bond donors (Lipinski definition) is 0. The second-order valence-corrected chi connectivity index (χ2v) is 2.63. The van der Waals surface area contributed by atoms with Gasteiger partial charge in [-0.3, -0.25) is 0 Å². The van der Waals surface area contributed by atoms with Crippen molar-refractivity contribution in [3.8, 4) is 5.88 Å². The fourth-order valence-corrected chi connectivity index (χ4v) is 0.645. The first-order chi connectivity index (χ1) is 6.28. The monoisotopic (exact) mass is 182 g/mol. The third-order valence-corrected chi connectivity index (χ3v) is 1.27. The highest BCUT2D eigenvalue weighted by Crippen LogP contribution is 2.02. The summed E-state index contributed by atoms with van der Waals surface area (Å²) in [5, 5.41) is 7.69. The maximum Gasteiger partial charge on any atom is 0.233 e. The first kappa shape index (κ1) is 11.9. The van der Waals surface area contributed by atoms with E-state index in [0.717, 1.165) is 12.1 Å². The number of hydrogen-bond acceptors (Lipinski definition) is 3. The summed E-state index contributed by atoms with van der Waals surface area (Å²) in [6.07, 6.45) is 2.16. The first-order valence-electron chi connectivity index (χ1n) is 4.65. The quantitative estimate of drug-likeness (QED) is 0.704. The largest absolute Gasteiger partial charge is 0.480 e. The minimum atomic E-state index is 0.567. The Morgan fingerprint density at radius 3 is 2.08 bits per heavy atom. The van der Waals surface area contributed by atoms with Crippen molar-refractivity contribution in [2.45, 2.75) is 33.6 Å². The van der Waals surface area contributed by atoms with Crippen LogP contribution in [-0.2, 0) is 6.42 Å². The minimum absolute atomic E-state index is 0.567. The fourth-order valence-electron chi connectivity index (χ4n) is 0.645. The summed E-state index contributed by atoms with van der Waals surface area (Å²) in [5.74, 6) is 0.567. The van der Waals surface area contributed by atoms with Gasteiger partial charge in [0, 0.05) is 6.07 Å². The average Bonchev–Trinajstić information content (AvgIpc) is 2.19. The molecular formula is C10H18N2O. The zero-order valence-corrected chi connectivity index (χ0v) is 8.87. The molecule has 0 atom stereocenters. The van der Waals surface area contributed by atoms with E-state index in [9.17, 15) is 0 Å². The molecule has 0 aliphatic carbocycles. The van der Waals surface area contributed by atoms with E-state index in [-0.39, 0.29) is 0 Å². The van der Waals surface area contributed by atoms with E-state index in [1.807, 2.05) is 19.1 Å². The molecule has 0 amide bonds. The van der Waals surface area contributed by atoms with E-state index in [1.165, 1.54) is 6.42 Å². The van der Waals surface area contributed by atoms with Crippen molar-refractivity contribution in [3.05, 3.63) is 17.8 Å². The topological polar surface area (TPSA) is 35.0 Å². The molecule has 0 unspecified atom stereocenters. The van der Waals surface area contributed by atoms with Crippen LogP contribution in [0.1, 0.15) is 32.9 Å². The molecule has 1 heterocycles. The summed E-state index contributed by atoms with van der Waals surface area (Å²) in [7, 11) is 1.58. The van der Waals surface area contributed by atoms with Gasteiger partial charge in [0.05, 0.1) is 12.8 Å². The molecule has 0 saturated carbocycles. The molecule has 0 N–H and O–H groups in total. The van der Waals surface area contributed by atoms with Crippen LogP contribution in [0.3, 0.4) is 0 Å².